The first-order valence-electron chi connectivity index (χ1n) is 7.50. The summed E-state index contributed by atoms with van der Waals surface area (Å²) in [4.78, 5) is 12.2. The first-order valence-corrected chi connectivity index (χ1v) is 7.88. The summed E-state index contributed by atoms with van der Waals surface area (Å²) >= 11 is 6.06. The maximum atomic E-state index is 13.8. The van der Waals surface area contributed by atoms with Crippen LogP contribution in [0.5, 0.6) is 0 Å². The molecule has 2 atom stereocenters. The molecule has 122 valence electrons. The molecule has 0 spiro atoms. The second kappa shape index (κ2) is 8.09. The van der Waals surface area contributed by atoms with Gasteiger partial charge in [-0.1, -0.05) is 48.0 Å². The van der Waals surface area contributed by atoms with Crippen molar-refractivity contribution in [2.75, 3.05) is 0 Å². The highest BCUT2D eigenvalue weighted by Crippen LogP contribution is 2.17. The van der Waals surface area contributed by atoms with Crippen LogP contribution in [0.15, 0.2) is 48.5 Å². The second-order valence-corrected chi connectivity index (χ2v) is 5.85. The topological polar surface area (TPSA) is 41.1 Å². The molecule has 5 heteroatoms. The highest BCUT2D eigenvalue weighted by atomic mass is 35.5. The smallest absolute Gasteiger partial charge is 0.237 e. The Balaban J connectivity index is 1.90. The van der Waals surface area contributed by atoms with Crippen molar-refractivity contribution in [3.8, 4) is 0 Å². The van der Waals surface area contributed by atoms with Crippen molar-refractivity contribution in [2.24, 2.45) is 0 Å². The zero-order valence-corrected chi connectivity index (χ0v) is 13.9. The number of carbonyl (C=O) groups is 1. The monoisotopic (exact) mass is 334 g/mol. The molecule has 0 aromatic heterocycles. The molecule has 2 rings (SSSR count). The normalized spacial score (nSPS) is 13.4. The summed E-state index contributed by atoms with van der Waals surface area (Å²) in [6.45, 7) is 3.94. The number of carbonyl (C=O) groups excluding carboxylic acids is 1. The molecule has 0 saturated heterocycles. The Morgan fingerprint density at radius 1 is 1.13 bits per heavy atom. The van der Waals surface area contributed by atoms with E-state index < -0.39 is 6.04 Å². The van der Waals surface area contributed by atoms with E-state index in [1.165, 1.54) is 6.07 Å². The first kappa shape index (κ1) is 17.4. The SMILES string of the molecule is CC(NC(C)c1ccccc1F)C(=O)NCc1ccccc1Cl. The van der Waals surface area contributed by atoms with E-state index in [0.29, 0.717) is 17.1 Å². The Bertz CT molecular complexity index is 678. The molecule has 0 fully saturated rings. The first-order chi connectivity index (χ1) is 11.0. The van der Waals surface area contributed by atoms with Crippen molar-refractivity contribution >= 4 is 17.5 Å². The molecule has 0 saturated carbocycles. The number of rotatable bonds is 6. The van der Waals surface area contributed by atoms with Gasteiger partial charge in [-0.05, 0) is 31.5 Å². The quantitative estimate of drug-likeness (QED) is 0.842. The molecule has 2 aromatic rings. The van der Waals surface area contributed by atoms with Crippen molar-refractivity contribution in [2.45, 2.75) is 32.5 Å². The highest BCUT2D eigenvalue weighted by molar-refractivity contribution is 6.31. The summed E-state index contributed by atoms with van der Waals surface area (Å²) in [7, 11) is 0. The van der Waals surface area contributed by atoms with E-state index in [2.05, 4.69) is 10.6 Å². The maximum absolute atomic E-state index is 13.8. The van der Waals surface area contributed by atoms with Crippen LogP contribution in [0.1, 0.15) is 31.0 Å². The predicted octanol–water partition coefficient (Wildman–Crippen LogP) is 3.83. The molecule has 23 heavy (non-hydrogen) atoms. The van der Waals surface area contributed by atoms with Crippen LogP contribution in [0, 0.1) is 5.82 Å². The minimum Gasteiger partial charge on any atom is -0.351 e. The van der Waals surface area contributed by atoms with Crippen LogP contribution in [-0.4, -0.2) is 11.9 Å². The fourth-order valence-electron chi connectivity index (χ4n) is 2.34. The summed E-state index contributed by atoms with van der Waals surface area (Å²) in [5.41, 5.74) is 1.40. The molecule has 2 aromatic carbocycles. The van der Waals surface area contributed by atoms with Crippen LogP contribution < -0.4 is 10.6 Å². The molecular weight excluding hydrogens is 315 g/mol. The summed E-state index contributed by atoms with van der Waals surface area (Å²) in [6, 6.07) is 13.2. The zero-order valence-electron chi connectivity index (χ0n) is 13.1. The van der Waals surface area contributed by atoms with Gasteiger partial charge in [0.2, 0.25) is 5.91 Å². The number of amides is 1. The molecule has 2 unspecified atom stereocenters. The van der Waals surface area contributed by atoms with Gasteiger partial charge in [-0.25, -0.2) is 4.39 Å². The maximum Gasteiger partial charge on any atom is 0.237 e. The van der Waals surface area contributed by atoms with E-state index in [0.717, 1.165) is 5.56 Å². The third-order valence-corrected chi connectivity index (χ3v) is 4.04. The number of nitrogens with one attached hydrogen (secondary N) is 2. The van der Waals surface area contributed by atoms with Gasteiger partial charge in [0.05, 0.1) is 6.04 Å². The van der Waals surface area contributed by atoms with E-state index in [9.17, 15) is 9.18 Å². The fraction of sp³-hybridized carbons (Fsp3) is 0.278. The largest absolute Gasteiger partial charge is 0.351 e. The van der Waals surface area contributed by atoms with Gasteiger partial charge in [-0.3, -0.25) is 10.1 Å². The molecule has 2 N–H and O–H groups in total. The molecule has 0 bridgehead atoms. The Morgan fingerprint density at radius 3 is 2.48 bits per heavy atom. The van der Waals surface area contributed by atoms with E-state index in [4.69, 9.17) is 11.6 Å². The average Bonchev–Trinajstić information content (AvgIpc) is 2.54. The third-order valence-electron chi connectivity index (χ3n) is 3.68. The van der Waals surface area contributed by atoms with Crippen LogP contribution in [0.2, 0.25) is 5.02 Å². The van der Waals surface area contributed by atoms with Gasteiger partial charge in [0.1, 0.15) is 5.82 Å². The van der Waals surface area contributed by atoms with Gasteiger partial charge in [0.25, 0.3) is 0 Å². The molecule has 0 radical (unpaired) electrons. The lowest BCUT2D eigenvalue weighted by molar-refractivity contribution is -0.123. The van der Waals surface area contributed by atoms with E-state index in [1.54, 1.807) is 31.2 Å². The Hall–Kier alpha value is -1.91. The molecule has 1 amide bonds. The van der Waals surface area contributed by atoms with Gasteiger partial charge in [0.15, 0.2) is 0 Å². The minimum atomic E-state index is -0.452. The van der Waals surface area contributed by atoms with Crippen LogP contribution in [0.25, 0.3) is 0 Å². The molecule has 3 nitrogen and oxygen atoms in total. The van der Waals surface area contributed by atoms with Crippen LogP contribution in [0.4, 0.5) is 4.39 Å². The minimum absolute atomic E-state index is 0.159. The average molecular weight is 335 g/mol. The summed E-state index contributed by atoms with van der Waals surface area (Å²) in [5, 5.41) is 6.55. The van der Waals surface area contributed by atoms with Crippen molar-refractivity contribution in [3.05, 3.63) is 70.5 Å². The summed E-state index contributed by atoms with van der Waals surface area (Å²) in [6.07, 6.45) is 0. The highest BCUT2D eigenvalue weighted by Gasteiger charge is 2.18. The van der Waals surface area contributed by atoms with Crippen molar-refractivity contribution in [3.63, 3.8) is 0 Å². The van der Waals surface area contributed by atoms with Crippen molar-refractivity contribution in [1.82, 2.24) is 10.6 Å². The van der Waals surface area contributed by atoms with Crippen LogP contribution >= 0.6 is 11.6 Å². The molecule has 0 aliphatic carbocycles. The Labute approximate surface area is 140 Å². The Morgan fingerprint density at radius 2 is 1.78 bits per heavy atom. The molecule has 0 heterocycles. The van der Waals surface area contributed by atoms with E-state index in [1.807, 2.05) is 25.1 Å². The van der Waals surface area contributed by atoms with Crippen molar-refractivity contribution in [1.29, 1.82) is 0 Å². The third kappa shape index (κ3) is 4.78. The summed E-state index contributed by atoms with van der Waals surface area (Å²) < 4.78 is 13.8. The van der Waals surface area contributed by atoms with Crippen LogP contribution in [0.3, 0.4) is 0 Å². The standard InChI is InChI=1S/C18H20ClFN2O/c1-12(15-8-4-6-10-17(15)20)22-13(2)18(23)21-11-14-7-3-5-9-16(14)19/h3-10,12-13,22H,11H2,1-2H3,(H,21,23). The van der Waals surface area contributed by atoms with Gasteiger partial charge in [0, 0.05) is 23.2 Å². The van der Waals surface area contributed by atoms with E-state index in [-0.39, 0.29) is 17.8 Å². The van der Waals surface area contributed by atoms with Gasteiger partial charge in [-0.2, -0.15) is 0 Å². The Kier molecular flexibility index (Phi) is 6.13. The number of halogens is 2. The number of benzene rings is 2. The van der Waals surface area contributed by atoms with Crippen molar-refractivity contribution < 1.29 is 9.18 Å². The lowest BCUT2D eigenvalue weighted by Crippen LogP contribution is -2.43. The number of hydrogen-bond donors (Lipinski definition) is 2. The summed E-state index contributed by atoms with van der Waals surface area (Å²) in [5.74, 6) is -0.440. The fourth-order valence-corrected chi connectivity index (χ4v) is 2.55. The lowest BCUT2D eigenvalue weighted by Gasteiger charge is -2.20. The van der Waals surface area contributed by atoms with Gasteiger partial charge in [-0.15, -0.1) is 0 Å². The molecular formula is C18H20ClFN2O. The zero-order chi connectivity index (χ0) is 16.8. The predicted molar refractivity (Wildman–Crippen MR) is 90.7 cm³/mol. The van der Waals surface area contributed by atoms with Gasteiger partial charge >= 0.3 is 0 Å². The van der Waals surface area contributed by atoms with Crippen LogP contribution in [-0.2, 0) is 11.3 Å². The van der Waals surface area contributed by atoms with E-state index >= 15 is 0 Å². The molecule has 0 aliphatic rings. The van der Waals surface area contributed by atoms with Gasteiger partial charge < -0.3 is 5.32 Å². The number of hydrogen-bond acceptors (Lipinski definition) is 2. The second-order valence-electron chi connectivity index (χ2n) is 5.44. The lowest BCUT2D eigenvalue weighted by atomic mass is 10.1. The molecule has 0 aliphatic heterocycles.